The Kier molecular flexibility index (Phi) is 64.0. The Bertz CT molecular complexity index is 693. The van der Waals surface area contributed by atoms with Crippen LogP contribution in [0.15, 0.2) is 0 Å². The highest BCUT2D eigenvalue weighted by Crippen LogP contribution is 2.27. The van der Waals surface area contributed by atoms with Gasteiger partial charge in [-0.25, -0.2) is 0 Å². The Morgan fingerprint density at radius 3 is 0.313 bits per heavy atom. The molecule has 0 aliphatic rings. The third-order valence-corrected chi connectivity index (χ3v) is 16.2. The molecule has 0 atom stereocenters. The predicted octanol–water partition coefficient (Wildman–Crippen LogP) is 26.2. The Hall–Kier alpha value is 0. The third-order valence-electron chi connectivity index (χ3n) is 16.2. The summed E-state index contributed by atoms with van der Waals surface area (Å²) in [7, 11) is 0. The number of hydrogen-bond donors (Lipinski definition) is 0. The van der Waals surface area contributed by atoms with Gasteiger partial charge in [-0.15, -0.1) is 0 Å². The van der Waals surface area contributed by atoms with E-state index in [9.17, 15) is 0 Å². The second-order valence-corrected chi connectivity index (χ2v) is 23.2. The minimum absolute atomic E-state index is 1.37. The summed E-state index contributed by atoms with van der Waals surface area (Å²) in [5.41, 5.74) is 0. The van der Waals surface area contributed by atoms with Gasteiger partial charge in [0.15, 0.2) is 0 Å². The van der Waals surface area contributed by atoms with Gasteiger partial charge in [0.2, 0.25) is 0 Å². The highest BCUT2D eigenvalue weighted by atomic mass is 14.2. The first-order chi connectivity index (χ1) is 33.3. The van der Waals surface area contributed by atoms with Crippen LogP contribution in [-0.2, 0) is 0 Å². The highest BCUT2D eigenvalue weighted by Gasteiger charge is 2.10. The van der Waals surface area contributed by atoms with Crippen molar-refractivity contribution in [2.24, 2.45) is 0 Å². The van der Waals surface area contributed by atoms with Gasteiger partial charge in [0, 0.05) is 0 Å². The summed E-state index contributed by atoms with van der Waals surface area (Å²) < 4.78 is 0. The molecule has 0 aromatic rings. The molecule has 0 fully saturated rings. The molecule has 0 aliphatic carbocycles. The minimum atomic E-state index is 1.37. The maximum atomic E-state index is 2.32. The minimum Gasteiger partial charge on any atom is -0.0654 e. The van der Waals surface area contributed by atoms with E-state index in [1.165, 1.54) is 405 Å². The average molecular weight is 941 g/mol. The molecule has 0 unspecified atom stereocenters. The summed E-state index contributed by atoms with van der Waals surface area (Å²) in [5, 5.41) is 0. The van der Waals surface area contributed by atoms with E-state index < -0.39 is 0 Å². The Morgan fingerprint density at radius 1 is 0.119 bits per heavy atom. The van der Waals surface area contributed by atoms with Gasteiger partial charge in [-0.2, -0.15) is 0 Å². The first kappa shape index (κ1) is 67.0. The van der Waals surface area contributed by atoms with Crippen molar-refractivity contribution in [3.63, 3.8) is 0 Å². The first-order valence-electron chi connectivity index (χ1n) is 33.2. The zero-order chi connectivity index (χ0) is 48.1. The second-order valence-electron chi connectivity index (χ2n) is 23.2. The monoisotopic (exact) mass is 940 g/mol. The van der Waals surface area contributed by atoms with Gasteiger partial charge in [-0.05, 0) is 25.2 Å². The Labute approximate surface area is 429 Å². The molecule has 0 bridgehead atoms. The van der Waals surface area contributed by atoms with E-state index in [-0.39, 0.29) is 0 Å². The molecule has 0 rings (SSSR count). The van der Waals surface area contributed by atoms with Crippen molar-refractivity contribution in [2.75, 3.05) is 0 Å². The molecule has 0 spiro atoms. The molecule has 0 aliphatic heterocycles. The number of hydrogen-bond acceptors (Lipinski definition) is 0. The van der Waals surface area contributed by atoms with Crippen LogP contribution in [0.1, 0.15) is 425 Å². The van der Waals surface area contributed by atoms with Gasteiger partial charge in [-0.3, -0.25) is 0 Å². The SMILES string of the molecule is CCCCCCCCCCCCCCCCCCCCCC[C](CCCCCCCCCCCCCCCCCCCCCC)CCCCCCCCCCCCCCCCCCCCCC. The van der Waals surface area contributed by atoms with Crippen LogP contribution in [0.5, 0.6) is 0 Å². The summed E-state index contributed by atoms with van der Waals surface area (Å²) in [6.07, 6.45) is 93.2. The van der Waals surface area contributed by atoms with Gasteiger partial charge in [0.05, 0.1) is 0 Å². The van der Waals surface area contributed by atoms with Gasteiger partial charge < -0.3 is 0 Å². The van der Waals surface area contributed by atoms with E-state index in [1.54, 1.807) is 0 Å². The average Bonchev–Trinajstić information content (AvgIpc) is 3.34. The molecule has 0 saturated carbocycles. The molecule has 0 aromatic carbocycles. The normalized spacial score (nSPS) is 11.8. The maximum Gasteiger partial charge on any atom is -0.0241 e. The lowest BCUT2D eigenvalue weighted by Crippen LogP contribution is -1.99. The van der Waals surface area contributed by atoms with Crippen LogP contribution in [0.4, 0.5) is 0 Å². The van der Waals surface area contributed by atoms with E-state index in [0.717, 1.165) is 0 Å². The molecule has 0 N–H and O–H groups in total. The van der Waals surface area contributed by atoms with Crippen LogP contribution >= 0.6 is 0 Å². The fourth-order valence-electron chi connectivity index (χ4n) is 11.3. The molecule has 67 heavy (non-hydrogen) atoms. The fourth-order valence-corrected chi connectivity index (χ4v) is 11.3. The van der Waals surface area contributed by atoms with E-state index in [0.29, 0.717) is 0 Å². The van der Waals surface area contributed by atoms with E-state index in [2.05, 4.69) is 20.8 Å². The largest absolute Gasteiger partial charge is 0.0654 e. The quantitative estimate of drug-likeness (QED) is 0.0533. The van der Waals surface area contributed by atoms with Crippen LogP contribution in [0.25, 0.3) is 0 Å². The van der Waals surface area contributed by atoms with Crippen molar-refractivity contribution in [2.45, 2.75) is 425 Å². The fraction of sp³-hybridized carbons (Fsp3) is 0.985. The van der Waals surface area contributed by atoms with E-state index in [4.69, 9.17) is 0 Å². The zero-order valence-corrected chi connectivity index (χ0v) is 48.0. The van der Waals surface area contributed by atoms with Crippen molar-refractivity contribution in [3.8, 4) is 0 Å². The molecule has 0 heteroatoms. The lowest BCUT2D eigenvalue weighted by Gasteiger charge is -2.16. The molecule has 0 nitrogen and oxygen atoms in total. The van der Waals surface area contributed by atoms with Crippen LogP contribution in [0.3, 0.4) is 0 Å². The molecule has 0 aromatic heterocycles. The molecule has 1 radical (unpaired) electrons. The summed E-state index contributed by atoms with van der Waals surface area (Å²) in [6.45, 7) is 6.96. The zero-order valence-electron chi connectivity index (χ0n) is 48.0. The Morgan fingerprint density at radius 2 is 0.209 bits per heavy atom. The summed E-state index contributed by atoms with van der Waals surface area (Å²) in [6, 6.07) is 0. The van der Waals surface area contributed by atoms with Crippen LogP contribution in [0, 0.1) is 5.92 Å². The van der Waals surface area contributed by atoms with Crippen molar-refractivity contribution < 1.29 is 0 Å². The lowest BCUT2D eigenvalue weighted by atomic mass is 9.89. The van der Waals surface area contributed by atoms with Gasteiger partial charge in [0.1, 0.15) is 0 Å². The maximum absolute atomic E-state index is 2.32. The standard InChI is InChI=1S/C67H135/c1-4-7-10-13-16-19-22-25-28-31-34-37-40-43-46-49-52-55-58-61-64-67(65-62-59-56-53-50-47-44-41-38-35-32-29-26-23-20-17-14-11-8-5-2)66-63-60-57-54-51-48-45-42-39-36-33-30-27-24-21-18-15-12-9-6-3/h4-66H2,1-3H3. The molecule has 0 saturated heterocycles. The summed E-state index contributed by atoms with van der Waals surface area (Å²) >= 11 is 0. The smallest absolute Gasteiger partial charge is 0.0241 e. The van der Waals surface area contributed by atoms with E-state index >= 15 is 0 Å². The molecule has 0 amide bonds. The van der Waals surface area contributed by atoms with Gasteiger partial charge >= 0.3 is 0 Å². The van der Waals surface area contributed by atoms with Crippen molar-refractivity contribution in [1.82, 2.24) is 0 Å². The topological polar surface area (TPSA) is 0 Å². The molecular formula is C67H135. The number of rotatable bonds is 63. The van der Waals surface area contributed by atoms with Crippen LogP contribution < -0.4 is 0 Å². The highest BCUT2D eigenvalue weighted by molar-refractivity contribution is 4.89. The van der Waals surface area contributed by atoms with Crippen LogP contribution in [0.2, 0.25) is 0 Å². The first-order valence-corrected chi connectivity index (χ1v) is 33.2. The second kappa shape index (κ2) is 64.0. The number of unbranched alkanes of at least 4 members (excludes halogenated alkanes) is 57. The van der Waals surface area contributed by atoms with E-state index in [1.807, 2.05) is 5.92 Å². The Balaban J connectivity index is 3.97. The van der Waals surface area contributed by atoms with Gasteiger partial charge in [0.25, 0.3) is 0 Å². The molecule has 0 heterocycles. The lowest BCUT2D eigenvalue weighted by molar-refractivity contribution is 0.497. The van der Waals surface area contributed by atoms with Crippen LogP contribution in [-0.4, -0.2) is 0 Å². The van der Waals surface area contributed by atoms with Gasteiger partial charge in [-0.1, -0.05) is 406 Å². The molecule has 403 valence electrons. The summed E-state index contributed by atoms with van der Waals surface area (Å²) in [5.74, 6) is 1.97. The summed E-state index contributed by atoms with van der Waals surface area (Å²) in [4.78, 5) is 0. The van der Waals surface area contributed by atoms with Crippen molar-refractivity contribution >= 4 is 0 Å². The molecular weight excluding hydrogens is 805 g/mol. The third kappa shape index (κ3) is 62.1. The van der Waals surface area contributed by atoms with Crippen molar-refractivity contribution in [1.29, 1.82) is 0 Å². The predicted molar refractivity (Wildman–Crippen MR) is 311 cm³/mol. The van der Waals surface area contributed by atoms with Crippen molar-refractivity contribution in [3.05, 3.63) is 5.92 Å².